The Morgan fingerprint density at radius 2 is 0.739 bits per heavy atom. The fourth-order valence-corrected chi connectivity index (χ4v) is 42.0. The molecule has 142 heavy (non-hydrogen) atoms. The van der Waals surface area contributed by atoms with Gasteiger partial charge in [-0.25, -0.2) is 0 Å². The van der Waals surface area contributed by atoms with Crippen LogP contribution in [0.4, 0.5) is 0 Å². The highest BCUT2D eigenvalue weighted by Crippen LogP contribution is 2.75. The number of hydrogen-bond donors (Lipinski definition) is 5. The van der Waals surface area contributed by atoms with E-state index in [2.05, 4.69) is 101 Å². The van der Waals surface area contributed by atoms with E-state index in [-0.39, 0.29) is 88.0 Å². The maximum Gasteiger partial charge on any atom is 0.322 e. The number of halogens is 1. The normalized spacial score (nSPS) is 46.4. The number of hydrogen-bond acceptors (Lipinski definition) is 16. The topological polar surface area (TPSA) is 291 Å². The molecule has 0 spiro atoms. The summed E-state index contributed by atoms with van der Waals surface area (Å²) in [5.74, 6) is 18.4. The van der Waals surface area contributed by atoms with Crippen LogP contribution in [0.1, 0.15) is 431 Å². The Hall–Kier alpha value is -4.33. The molecule has 33 unspecified atom stereocenters. The highest BCUT2D eigenvalue weighted by molar-refractivity contribution is 7.80. The summed E-state index contributed by atoms with van der Waals surface area (Å²) in [7, 11) is 1.50. The van der Waals surface area contributed by atoms with E-state index in [0.717, 1.165) is 182 Å². The maximum absolute atomic E-state index is 12.7. The molecule has 0 aromatic heterocycles. The standard InChI is InChI=1S/C27H42O3S.C26H42ClNO3.C25H40O3.C22H33NO4.C22H34O3/c1-16(5-6-18(28)13-17(2)31)21-7-8-22-20-15-25(30)24-14-19(29)9-11-27(24,4)23(20)10-12-26(21,22)3;1-16(4-7-24(31)28-13-12-27)19-5-6-20-18-15-23(30)22-14-17(29)8-10-26(22,3)21(18)9-11-25(19,20)2;1-16(5-10-23(27)28-4)20-8-9-21-19-7-6-17-15-18(26)11-13-24(17,2)22(19)12-14-25(20,21)3;1-21-9-7-14(24)11-13(21)3-4-15-16-5-6-18(20(27)23-12-19(25)26)22(16,2)10-8-17(15)21;1-4-20(24)25-19-8-7-17-16-6-5-14-13-15(23)9-11-21(14,2)18(16)10-12-22(17,19)3/h16,20-25,30H,5-15H2,1-4H3;16,18-23,30H,4-15H2,1-3H3,(H,28,31);16-17,19-22H,5-15H2,1-4H3;13,15-18H,3-12H2,1-2H3,(H,23,27)(H,25,26);14,16-19H,4-13H2,1-3H3/t16?,20?,21?,22?,23?,24-,25-,26?,27?;16?,18?,19?,20?,21?,22-,23-,25?,26?;16?,17-,19?,20?,21?,22?,24?,25?;13-,15?,16?,17?,18?,21?,22?;14-,16?,17?,18?,19?,21?,22?/m00111/s1. The summed E-state index contributed by atoms with van der Waals surface area (Å²) in [5, 5.41) is 36.6. The fraction of sp³-hybridized carbons (Fsp3) is 0.902. The summed E-state index contributed by atoms with van der Waals surface area (Å²) in [6.07, 6.45) is 51.5. The van der Waals surface area contributed by atoms with Crippen molar-refractivity contribution in [1.29, 1.82) is 0 Å². The Morgan fingerprint density at radius 1 is 0.394 bits per heavy atom. The molecule has 5 N–H and O–H groups in total. The van der Waals surface area contributed by atoms with Crippen molar-refractivity contribution < 1.29 is 77.5 Å². The predicted molar refractivity (Wildman–Crippen MR) is 560 cm³/mol. The lowest BCUT2D eigenvalue weighted by molar-refractivity contribution is -0.166. The summed E-state index contributed by atoms with van der Waals surface area (Å²) in [4.78, 5) is 132. The molecule has 2 amide bonds. The molecule has 0 radical (unpaired) electrons. The Bertz CT molecular complexity index is 4610. The first-order chi connectivity index (χ1) is 67.2. The van der Waals surface area contributed by atoms with E-state index in [1.165, 1.54) is 136 Å². The molecule has 798 valence electrons. The lowest BCUT2D eigenvalue weighted by Crippen LogP contribution is -2.58. The molecule has 20 rings (SSSR count). The number of rotatable bonds is 21. The number of carboxylic acids is 1. The number of esters is 2. The summed E-state index contributed by atoms with van der Waals surface area (Å²) in [6.45, 7) is 35.7. The summed E-state index contributed by atoms with van der Waals surface area (Å²) in [6, 6.07) is 0. The molecule has 0 saturated heterocycles. The number of thiocarbonyl (C=S) groups is 1. The number of aliphatic carboxylic acids is 1. The number of carbonyl (C=O) groups is 11. The average molecular weight is 2010 g/mol. The minimum atomic E-state index is -0.982. The van der Waals surface area contributed by atoms with E-state index >= 15 is 0 Å². The van der Waals surface area contributed by atoms with Gasteiger partial charge in [0.25, 0.3) is 0 Å². The smallest absolute Gasteiger partial charge is 0.322 e. The second-order valence-corrected chi connectivity index (χ2v) is 56.3. The van der Waals surface area contributed by atoms with Crippen molar-refractivity contribution in [3.63, 3.8) is 0 Å². The molecule has 40 atom stereocenters. The van der Waals surface area contributed by atoms with Crippen LogP contribution < -0.4 is 10.6 Å². The minimum absolute atomic E-state index is 0.00254. The van der Waals surface area contributed by atoms with Gasteiger partial charge in [-0.2, -0.15) is 0 Å². The lowest BCUT2D eigenvalue weighted by Gasteiger charge is -2.61. The van der Waals surface area contributed by atoms with Crippen molar-refractivity contribution in [3.8, 4) is 0 Å². The first-order valence-corrected chi connectivity index (χ1v) is 59.7. The summed E-state index contributed by atoms with van der Waals surface area (Å²) < 4.78 is 10.7. The van der Waals surface area contributed by atoms with Crippen LogP contribution >= 0.6 is 23.8 Å². The van der Waals surface area contributed by atoms with Gasteiger partial charge < -0.3 is 35.4 Å². The Balaban J connectivity index is 0.000000128. The van der Waals surface area contributed by atoms with Crippen molar-refractivity contribution >= 4 is 93.1 Å². The van der Waals surface area contributed by atoms with Gasteiger partial charge in [-0.1, -0.05) is 109 Å². The molecule has 0 heterocycles. The van der Waals surface area contributed by atoms with Gasteiger partial charge in [-0.05, 0) is 446 Å². The number of carbonyl (C=O) groups excluding carboxylic acids is 10. The van der Waals surface area contributed by atoms with Gasteiger partial charge in [0, 0.05) is 120 Å². The van der Waals surface area contributed by atoms with E-state index < -0.39 is 5.97 Å². The van der Waals surface area contributed by atoms with E-state index in [1.54, 1.807) is 0 Å². The maximum atomic E-state index is 12.7. The van der Waals surface area contributed by atoms with Crippen molar-refractivity contribution in [2.24, 2.45) is 214 Å². The zero-order chi connectivity index (χ0) is 102. The van der Waals surface area contributed by atoms with Gasteiger partial charge in [0.2, 0.25) is 11.8 Å². The number of Topliss-reactive ketones (excluding diaryl/α,β-unsaturated/α-hetero) is 6. The van der Waals surface area contributed by atoms with Crippen LogP contribution in [-0.2, 0) is 62.2 Å². The largest absolute Gasteiger partial charge is 0.480 e. The van der Waals surface area contributed by atoms with E-state index in [4.69, 9.17) is 38.4 Å². The van der Waals surface area contributed by atoms with Gasteiger partial charge in [0.05, 0.1) is 19.3 Å². The fourth-order valence-electron chi connectivity index (χ4n) is 41.8. The van der Waals surface area contributed by atoms with Crippen molar-refractivity contribution in [1.82, 2.24) is 10.6 Å². The number of ether oxygens (including phenoxy) is 2. The summed E-state index contributed by atoms with van der Waals surface area (Å²) in [5.41, 5.74) is 2.61. The second kappa shape index (κ2) is 43.8. The molecule has 0 bridgehead atoms. The monoisotopic (exact) mass is 2010 g/mol. The van der Waals surface area contributed by atoms with E-state index in [9.17, 15) is 63.0 Å². The molecular weight excluding hydrogens is 1820 g/mol. The zero-order valence-corrected chi connectivity index (χ0v) is 92.5. The molecule has 20 fully saturated rings. The van der Waals surface area contributed by atoms with Crippen molar-refractivity contribution in [3.05, 3.63) is 0 Å². The van der Waals surface area contributed by atoms with Gasteiger partial charge >= 0.3 is 17.9 Å². The number of fused-ring (bicyclic) bond motifs is 25. The number of methoxy groups -OCH3 is 1. The zero-order valence-electron chi connectivity index (χ0n) is 90.9. The first kappa shape index (κ1) is 110. The first-order valence-electron chi connectivity index (χ1n) is 58.7. The van der Waals surface area contributed by atoms with E-state index in [0.29, 0.717) is 244 Å². The van der Waals surface area contributed by atoms with Crippen LogP contribution in [0.2, 0.25) is 0 Å². The second-order valence-electron chi connectivity index (χ2n) is 55.3. The van der Waals surface area contributed by atoms with E-state index in [1.807, 2.05) is 13.8 Å². The number of alkyl halides is 1. The minimum Gasteiger partial charge on any atom is -0.480 e. The van der Waals surface area contributed by atoms with Crippen LogP contribution in [-0.4, -0.2) is 129 Å². The van der Waals surface area contributed by atoms with Crippen molar-refractivity contribution in [2.75, 3.05) is 26.1 Å². The molecule has 20 saturated carbocycles. The lowest BCUT2D eigenvalue weighted by atomic mass is 9.44. The third kappa shape index (κ3) is 20.8. The Labute approximate surface area is 865 Å². The van der Waals surface area contributed by atoms with Crippen molar-refractivity contribution in [2.45, 2.75) is 450 Å². The number of carboxylic acid groups (broad SMARTS) is 1. The van der Waals surface area contributed by atoms with Gasteiger partial charge in [-0.3, -0.25) is 52.7 Å². The highest BCUT2D eigenvalue weighted by Gasteiger charge is 2.69. The molecule has 18 nitrogen and oxygen atoms in total. The number of nitrogens with one attached hydrogen (secondary N) is 2. The highest BCUT2D eigenvalue weighted by atomic mass is 35.5. The third-order valence-electron chi connectivity index (χ3n) is 49.5. The third-order valence-corrected chi connectivity index (χ3v) is 49.9. The van der Waals surface area contributed by atoms with Crippen LogP contribution in [0.5, 0.6) is 0 Å². The van der Waals surface area contributed by atoms with Gasteiger partial charge in [0.1, 0.15) is 47.3 Å². The number of aliphatic hydroxyl groups excluding tert-OH is 2. The average Bonchev–Trinajstić information content (AvgIpc) is 1.45. The molecule has 20 aliphatic rings. The quantitative estimate of drug-likeness (QED) is 0.0405. The Morgan fingerprint density at radius 3 is 1.14 bits per heavy atom. The molecule has 0 aliphatic heterocycles. The van der Waals surface area contributed by atoms with Gasteiger partial charge in [0.15, 0.2) is 0 Å². The number of ketones is 6. The van der Waals surface area contributed by atoms with Crippen LogP contribution in [0, 0.1) is 214 Å². The molecule has 0 aromatic rings. The van der Waals surface area contributed by atoms with Crippen LogP contribution in [0.25, 0.3) is 0 Å². The SMILES string of the molecule is CC(=S)CC(=O)CCC(C)C1CCC2C3C[C@H](O)[C@@H]4CC(=O)CCC4(C)C3CCC12C.CC(CCC(=O)NCCCl)C1CCC2C3C[C@H](O)[C@@H]4CC(=O)CCC4(C)C3CCC12C.CC12CCC3C(CC[C@@H]4CC(=O)CCC34C)C1CCC2C(=O)NCC(=O)O.CCC(=O)OC1CCC2C3CC[C@@H]4CC(=O)CCC4(C)C3CCC12C.COC(=O)CCC(C)C1CCC2C3CC[C@@H]4CC(=O)CCC4(C)C3CCC12C. The molecule has 20 heteroatoms. The number of aliphatic hydroxyl groups is 2. The number of amides is 2. The van der Waals surface area contributed by atoms with Crippen LogP contribution in [0.15, 0.2) is 0 Å². The molecule has 20 aliphatic carbocycles. The molecular formula is C122H191ClN2O16S. The van der Waals surface area contributed by atoms with Crippen LogP contribution in [0.3, 0.4) is 0 Å². The summed E-state index contributed by atoms with van der Waals surface area (Å²) >= 11 is 10.8. The molecule has 0 aromatic carbocycles. The predicted octanol–water partition coefficient (Wildman–Crippen LogP) is 25.0. The Kier molecular flexibility index (Phi) is 34.0. The van der Waals surface area contributed by atoms with Gasteiger partial charge in [-0.15, -0.1) is 11.6 Å².